The lowest BCUT2D eigenvalue weighted by Crippen LogP contribution is -2.56. The van der Waals surface area contributed by atoms with Crippen LogP contribution in [0.5, 0.6) is 0 Å². The minimum absolute atomic E-state index is 0.122. The molecule has 0 spiro atoms. The van der Waals surface area contributed by atoms with E-state index >= 15 is 0 Å². The van der Waals surface area contributed by atoms with Crippen LogP contribution >= 0.6 is 0 Å². The fourth-order valence-corrected chi connectivity index (χ4v) is 4.33. The summed E-state index contributed by atoms with van der Waals surface area (Å²) in [6.45, 7) is 2.50. The van der Waals surface area contributed by atoms with Crippen LogP contribution in [0, 0.1) is 5.92 Å². The molecule has 1 heterocycles. The van der Waals surface area contributed by atoms with Gasteiger partial charge < -0.3 is 25.8 Å². The Bertz CT molecular complexity index is 756. The number of ether oxygens (including phenoxy) is 1. The molecule has 0 radical (unpaired) electrons. The normalized spacial score (nSPS) is 29.5. The number of amides is 2. The lowest BCUT2D eigenvalue weighted by molar-refractivity contribution is -0.149. The molecule has 2 fully saturated rings. The summed E-state index contributed by atoms with van der Waals surface area (Å²) in [5, 5.41) is 12.3. The number of carbonyl (C=O) groups excluding carboxylic acids is 2. The van der Waals surface area contributed by atoms with Gasteiger partial charge in [0, 0.05) is 18.1 Å². The lowest BCUT2D eigenvalue weighted by Gasteiger charge is -2.43. The summed E-state index contributed by atoms with van der Waals surface area (Å²) in [5.41, 5.74) is 6.67. The van der Waals surface area contributed by atoms with Crippen LogP contribution in [-0.4, -0.2) is 52.1 Å². The molecular weight excluding hydrogens is 374 g/mol. The topological polar surface area (TPSA) is 122 Å². The number of nitrogens with zero attached hydrogens (tertiary/aromatic N) is 1. The molecule has 0 aromatic heterocycles. The predicted molar refractivity (Wildman–Crippen MR) is 106 cm³/mol. The first-order valence-electron chi connectivity index (χ1n) is 10.1. The second kappa shape index (κ2) is 8.82. The highest BCUT2D eigenvalue weighted by Crippen LogP contribution is 2.37. The number of hydrogen-bond acceptors (Lipinski definition) is 5. The van der Waals surface area contributed by atoms with Gasteiger partial charge in [0.1, 0.15) is 12.6 Å². The number of rotatable bonds is 6. The van der Waals surface area contributed by atoms with Crippen molar-refractivity contribution < 1.29 is 24.2 Å². The maximum Gasteiger partial charge on any atom is 0.408 e. The van der Waals surface area contributed by atoms with Crippen LogP contribution < -0.4 is 11.1 Å². The molecule has 1 saturated carbocycles. The van der Waals surface area contributed by atoms with E-state index in [1.165, 1.54) is 0 Å². The molecule has 29 heavy (non-hydrogen) atoms. The smallest absolute Gasteiger partial charge is 0.408 e. The molecule has 1 aromatic rings. The third-order valence-electron chi connectivity index (χ3n) is 6.20. The highest BCUT2D eigenvalue weighted by Gasteiger charge is 2.47. The SMILES string of the molecule is CCC1(N)CC[C@H](N2CC[C@H](NC(=O)OCc3ccccc3)C2=O)C(C(=O)O)C1. The fourth-order valence-electron chi connectivity index (χ4n) is 4.33. The lowest BCUT2D eigenvalue weighted by atomic mass is 9.72. The minimum Gasteiger partial charge on any atom is -0.481 e. The third-order valence-corrected chi connectivity index (χ3v) is 6.20. The van der Waals surface area contributed by atoms with Gasteiger partial charge in [0.25, 0.3) is 0 Å². The standard InChI is InChI=1S/C21H29N3O5/c1-2-21(22)10-8-17(15(12-21)19(26)27)24-11-9-16(18(24)25)23-20(28)29-13-14-6-4-3-5-7-14/h3-7,15-17H,2,8-13,22H2,1H3,(H,23,28)(H,26,27)/t15?,16-,17-,21?/m0/s1. The van der Waals surface area contributed by atoms with Crippen molar-refractivity contribution in [2.45, 2.75) is 63.3 Å². The Hall–Kier alpha value is -2.61. The van der Waals surface area contributed by atoms with Gasteiger partial charge in [-0.05, 0) is 37.7 Å². The van der Waals surface area contributed by atoms with E-state index in [0.29, 0.717) is 38.6 Å². The number of benzene rings is 1. The number of likely N-dealkylation sites (tertiary alicyclic amines) is 1. The summed E-state index contributed by atoms with van der Waals surface area (Å²) >= 11 is 0. The number of alkyl carbamates (subject to hydrolysis) is 1. The highest BCUT2D eigenvalue weighted by molar-refractivity contribution is 5.88. The number of aliphatic carboxylic acids is 1. The van der Waals surface area contributed by atoms with Crippen LogP contribution in [0.25, 0.3) is 0 Å². The van der Waals surface area contributed by atoms with Gasteiger partial charge in [-0.25, -0.2) is 4.79 Å². The number of hydrogen-bond donors (Lipinski definition) is 3. The van der Waals surface area contributed by atoms with Gasteiger partial charge in [0.2, 0.25) is 5.91 Å². The number of nitrogens with two attached hydrogens (primary N) is 1. The Labute approximate surface area is 170 Å². The van der Waals surface area contributed by atoms with Gasteiger partial charge >= 0.3 is 12.1 Å². The Balaban J connectivity index is 1.57. The maximum atomic E-state index is 12.8. The van der Waals surface area contributed by atoms with Crippen LogP contribution in [0.3, 0.4) is 0 Å². The average Bonchev–Trinajstić information content (AvgIpc) is 3.07. The summed E-state index contributed by atoms with van der Waals surface area (Å²) in [6.07, 6.45) is 2.07. The molecule has 4 atom stereocenters. The van der Waals surface area contributed by atoms with Crippen molar-refractivity contribution in [1.82, 2.24) is 10.2 Å². The summed E-state index contributed by atoms with van der Waals surface area (Å²) in [6, 6.07) is 8.19. The zero-order chi connectivity index (χ0) is 21.0. The largest absolute Gasteiger partial charge is 0.481 e. The monoisotopic (exact) mass is 403 g/mol. The molecule has 2 unspecified atom stereocenters. The number of nitrogens with one attached hydrogen (secondary N) is 1. The van der Waals surface area contributed by atoms with Gasteiger partial charge in [-0.3, -0.25) is 9.59 Å². The summed E-state index contributed by atoms with van der Waals surface area (Å²) in [4.78, 5) is 38.4. The third kappa shape index (κ3) is 4.87. The van der Waals surface area contributed by atoms with E-state index in [0.717, 1.165) is 5.56 Å². The van der Waals surface area contributed by atoms with E-state index < -0.39 is 35.6 Å². The number of carboxylic acids is 1. The maximum absolute atomic E-state index is 12.8. The van der Waals surface area contributed by atoms with Gasteiger partial charge in [0.05, 0.1) is 5.92 Å². The summed E-state index contributed by atoms with van der Waals surface area (Å²) < 4.78 is 5.19. The molecule has 1 aliphatic carbocycles. The van der Waals surface area contributed by atoms with Crippen LogP contribution in [0.1, 0.15) is 44.6 Å². The molecule has 1 aliphatic heterocycles. The van der Waals surface area contributed by atoms with E-state index in [1.807, 2.05) is 37.3 Å². The quantitative estimate of drug-likeness (QED) is 0.667. The molecular formula is C21H29N3O5. The fraction of sp³-hybridized carbons (Fsp3) is 0.571. The van der Waals surface area contributed by atoms with Crippen molar-refractivity contribution in [3.8, 4) is 0 Å². The second-order valence-electron chi connectivity index (χ2n) is 8.05. The molecule has 2 amide bonds. The summed E-state index contributed by atoms with van der Waals surface area (Å²) in [5.74, 6) is -1.87. The minimum atomic E-state index is -0.926. The van der Waals surface area contributed by atoms with E-state index in [-0.39, 0.29) is 12.5 Å². The van der Waals surface area contributed by atoms with Crippen molar-refractivity contribution in [1.29, 1.82) is 0 Å². The van der Waals surface area contributed by atoms with Crippen LogP contribution in [0.2, 0.25) is 0 Å². The second-order valence-corrected chi connectivity index (χ2v) is 8.05. The van der Waals surface area contributed by atoms with Crippen molar-refractivity contribution in [2.75, 3.05) is 6.54 Å². The van der Waals surface area contributed by atoms with E-state index in [2.05, 4.69) is 5.32 Å². The zero-order valence-corrected chi connectivity index (χ0v) is 16.7. The molecule has 0 bridgehead atoms. The highest BCUT2D eigenvalue weighted by atomic mass is 16.5. The molecule has 3 rings (SSSR count). The van der Waals surface area contributed by atoms with E-state index in [1.54, 1.807) is 4.90 Å². The van der Waals surface area contributed by atoms with Crippen molar-refractivity contribution in [3.63, 3.8) is 0 Å². The number of carboxylic acid groups (broad SMARTS) is 1. The first-order chi connectivity index (χ1) is 13.8. The molecule has 1 saturated heterocycles. The van der Waals surface area contributed by atoms with Gasteiger partial charge in [-0.2, -0.15) is 0 Å². The molecule has 4 N–H and O–H groups in total. The van der Waals surface area contributed by atoms with Gasteiger partial charge in [-0.15, -0.1) is 0 Å². The Morgan fingerprint density at radius 3 is 2.69 bits per heavy atom. The van der Waals surface area contributed by atoms with Crippen molar-refractivity contribution in [2.24, 2.45) is 11.7 Å². The predicted octanol–water partition coefficient (Wildman–Crippen LogP) is 1.87. The van der Waals surface area contributed by atoms with Crippen LogP contribution in [0.4, 0.5) is 4.79 Å². The van der Waals surface area contributed by atoms with Crippen molar-refractivity contribution in [3.05, 3.63) is 35.9 Å². The van der Waals surface area contributed by atoms with Gasteiger partial charge in [-0.1, -0.05) is 37.3 Å². The first-order valence-corrected chi connectivity index (χ1v) is 10.1. The molecule has 158 valence electrons. The van der Waals surface area contributed by atoms with Crippen LogP contribution in [-0.2, 0) is 20.9 Å². The average molecular weight is 403 g/mol. The zero-order valence-electron chi connectivity index (χ0n) is 16.7. The Kier molecular flexibility index (Phi) is 6.42. The Morgan fingerprint density at radius 2 is 2.03 bits per heavy atom. The molecule has 2 aliphatic rings. The first kappa shape index (κ1) is 21.1. The van der Waals surface area contributed by atoms with Crippen LogP contribution in [0.15, 0.2) is 30.3 Å². The van der Waals surface area contributed by atoms with Gasteiger partial charge in [0.15, 0.2) is 0 Å². The van der Waals surface area contributed by atoms with E-state index in [9.17, 15) is 19.5 Å². The Morgan fingerprint density at radius 1 is 1.31 bits per heavy atom. The summed E-state index contributed by atoms with van der Waals surface area (Å²) in [7, 11) is 0. The van der Waals surface area contributed by atoms with Crippen molar-refractivity contribution >= 4 is 18.0 Å². The molecule has 1 aromatic carbocycles. The number of carbonyl (C=O) groups is 3. The molecule has 8 nitrogen and oxygen atoms in total. The van der Waals surface area contributed by atoms with E-state index in [4.69, 9.17) is 10.5 Å². The molecule has 8 heteroatoms.